The van der Waals surface area contributed by atoms with E-state index in [0.29, 0.717) is 16.8 Å². The van der Waals surface area contributed by atoms with Crippen molar-refractivity contribution in [2.75, 3.05) is 11.1 Å². The normalized spacial score (nSPS) is 11.2. The van der Waals surface area contributed by atoms with E-state index in [2.05, 4.69) is 41.5 Å². The summed E-state index contributed by atoms with van der Waals surface area (Å²) in [7, 11) is 1.79. The minimum atomic E-state index is -0.282. The first kappa shape index (κ1) is 22.6. The van der Waals surface area contributed by atoms with E-state index in [4.69, 9.17) is 0 Å². The molecule has 2 aromatic carbocycles. The molecule has 0 aliphatic heterocycles. The van der Waals surface area contributed by atoms with Crippen molar-refractivity contribution in [2.45, 2.75) is 31.8 Å². The molecule has 0 fully saturated rings. The standard InChI is InChI=1S/C24H26N6O2S/c1-16(2)18-10-12-19(13-11-18)29-15-25-27-24(29)33-14-21(31)26-22-17(3)28(4)30(23(22)32)20-8-6-5-7-9-20/h5-13,15-16H,14H2,1-4H3,(H,26,31). The molecular weight excluding hydrogens is 436 g/mol. The van der Waals surface area contributed by atoms with Gasteiger partial charge in [0.25, 0.3) is 5.56 Å². The van der Waals surface area contributed by atoms with Crippen LogP contribution in [0.3, 0.4) is 0 Å². The zero-order chi connectivity index (χ0) is 23.5. The van der Waals surface area contributed by atoms with E-state index in [9.17, 15) is 9.59 Å². The molecule has 8 nitrogen and oxygen atoms in total. The lowest BCUT2D eigenvalue weighted by atomic mass is 10.0. The van der Waals surface area contributed by atoms with E-state index in [1.807, 2.05) is 47.0 Å². The predicted molar refractivity (Wildman–Crippen MR) is 131 cm³/mol. The maximum atomic E-state index is 13.0. The largest absolute Gasteiger partial charge is 0.319 e. The van der Waals surface area contributed by atoms with Crippen LogP contribution in [-0.2, 0) is 11.8 Å². The number of hydrogen-bond donors (Lipinski definition) is 1. The molecule has 0 bridgehead atoms. The Morgan fingerprint density at radius 2 is 1.76 bits per heavy atom. The van der Waals surface area contributed by atoms with Crippen molar-refractivity contribution in [3.05, 3.63) is 82.5 Å². The number of thioether (sulfide) groups is 1. The Hall–Kier alpha value is -3.59. The smallest absolute Gasteiger partial charge is 0.295 e. The lowest BCUT2D eigenvalue weighted by Crippen LogP contribution is -2.23. The van der Waals surface area contributed by atoms with Gasteiger partial charge in [0.2, 0.25) is 5.91 Å². The number of hydrogen-bond acceptors (Lipinski definition) is 5. The van der Waals surface area contributed by atoms with Crippen molar-refractivity contribution >= 4 is 23.4 Å². The first-order valence-corrected chi connectivity index (χ1v) is 11.6. The molecular formula is C24H26N6O2S. The number of carbonyl (C=O) groups excluding carboxylic acids is 1. The Labute approximate surface area is 196 Å². The Morgan fingerprint density at radius 1 is 1.06 bits per heavy atom. The molecule has 0 radical (unpaired) electrons. The zero-order valence-corrected chi connectivity index (χ0v) is 19.8. The third-order valence-corrected chi connectivity index (χ3v) is 6.45. The zero-order valence-electron chi connectivity index (χ0n) is 19.0. The van der Waals surface area contributed by atoms with Crippen LogP contribution in [0.5, 0.6) is 0 Å². The summed E-state index contributed by atoms with van der Waals surface area (Å²) in [6.45, 7) is 6.11. The molecule has 0 aliphatic rings. The monoisotopic (exact) mass is 462 g/mol. The average molecular weight is 463 g/mol. The van der Waals surface area contributed by atoms with E-state index < -0.39 is 0 Å². The van der Waals surface area contributed by atoms with Crippen LogP contribution in [0.1, 0.15) is 31.0 Å². The molecule has 170 valence electrons. The molecule has 33 heavy (non-hydrogen) atoms. The Morgan fingerprint density at radius 3 is 2.42 bits per heavy atom. The number of nitrogens with zero attached hydrogens (tertiary/aromatic N) is 5. The summed E-state index contributed by atoms with van der Waals surface area (Å²) in [4.78, 5) is 25.7. The second kappa shape index (κ2) is 9.50. The minimum absolute atomic E-state index is 0.0991. The average Bonchev–Trinajstić information content (AvgIpc) is 3.37. The van der Waals surface area contributed by atoms with Crippen LogP contribution < -0.4 is 10.9 Å². The summed E-state index contributed by atoms with van der Waals surface area (Å²) in [5.74, 6) is 0.267. The van der Waals surface area contributed by atoms with E-state index >= 15 is 0 Å². The number of amides is 1. The van der Waals surface area contributed by atoms with Crippen molar-refractivity contribution in [1.29, 1.82) is 0 Å². The fraction of sp³-hybridized carbons (Fsp3) is 0.250. The van der Waals surface area contributed by atoms with Gasteiger partial charge in [0.15, 0.2) is 5.16 Å². The van der Waals surface area contributed by atoms with Crippen LogP contribution in [0.15, 0.2) is 70.9 Å². The third kappa shape index (κ3) is 4.63. The summed E-state index contributed by atoms with van der Waals surface area (Å²) in [6, 6.07) is 17.5. The van der Waals surface area contributed by atoms with Crippen molar-refractivity contribution in [2.24, 2.45) is 7.05 Å². The van der Waals surface area contributed by atoms with Gasteiger partial charge in [-0.2, -0.15) is 0 Å². The number of carbonyl (C=O) groups is 1. The molecule has 2 heterocycles. The maximum absolute atomic E-state index is 13.0. The second-order valence-electron chi connectivity index (χ2n) is 8.00. The van der Waals surface area contributed by atoms with Gasteiger partial charge in [0, 0.05) is 12.7 Å². The summed E-state index contributed by atoms with van der Waals surface area (Å²) in [6.07, 6.45) is 1.63. The van der Waals surface area contributed by atoms with E-state index in [1.54, 1.807) is 25.0 Å². The molecule has 0 spiro atoms. The maximum Gasteiger partial charge on any atom is 0.295 e. The van der Waals surface area contributed by atoms with Crippen LogP contribution >= 0.6 is 11.8 Å². The molecule has 9 heteroatoms. The third-order valence-electron chi connectivity index (χ3n) is 5.51. The van der Waals surface area contributed by atoms with Crippen LogP contribution in [0.25, 0.3) is 11.4 Å². The molecule has 2 aromatic heterocycles. The van der Waals surface area contributed by atoms with Crippen molar-refractivity contribution in [3.8, 4) is 11.4 Å². The van der Waals surface area contributed by atoms with E-state index in [-0.39, 0.29) is 22.9 Å². The lowest BCUT2D eigenvalue weighted by Gasteiger charge is -2.09. The van der Waals surface area contributed by atoms with Gasteiger partial charge < -0.3 is 5.32 Å². The Kier molecular flexibility index (Phi) is 6.50. The summed E-state index contributed by atoms with van der Waals surface area (Å²) in [5, 5.41) is 11.5. The van der Waals surface area contributed by atoms with Crippen molar-refractivity contribution in [1.82, 2.24) is 24.1 Å². The van der Waals surface area contributed by atoms with Gasteiger partial charge in [-0.1, -0.05) is 55.9 Å². The van der Waals surface area contributed by atoms with Crippen LogP contribution in [0, 0.1) is 6.92 Å². The molecule has 0 atom stereocenters. The van der Waals surface area contributed by atoms with Gasteiger partial charge in [-0.05, 0) is 42.7 Å². The molecule has 4 aromatic rings. The quantitative estimate of drug-likeness (QED) is 0.421. The van der Waals surface area contributed by atoms with Gasteiger partial charge in [-0.15, -0.1) is 10.2 Å². The van der Waals surface area contributed by atoms with E-state index in [1.165, 1.54) is 22.0 Å². The highest BCUT2D eigenvalue weighted by Crippen LogP contribution is 2.22. The van der Waals surface area contributed by atoms with Gasteiger partial charge in [-0.3, -0.25) is 18.8 Å². The molecule has 4 rings (SSSR count). The first-order valence-electron chi connectivity index (χ1n) is 10.6. The fourth-order valence-corrected chi connectivity index (χ4v) is 4.27. The molecule has 0 unspecified atom stereocenters. The van der Waals surface area contributed by atoms with Crippen LogP contribution in [0.2, 0.25) is 0 Å². The molecule has 1 N–H and O–H groups in total. The summed E-state index contributed by atoms with van der Waals surface area (Å²) in [5.41, 5.74) is 3.59. The lowest BCUT2D eigenvalue weighted by molar-refractivity contribution is -0.113. The predicted octanol–water partition coefficient (Wildman–Crippen LogP) is 3.92. The van der Waals surface area contributed by atoms with Gasteiger partial charge in [-0.25, -0.2) is 4.68 Å². The van der Waals surface area contributed by atoms with Crippen molar-refractivity contribution in [3.63, 3.8) is 0 Å². The van der Waals surface area contributed by atoms with Gasteiger partial charge in [0.1, 0.15) is 12.0 Å². The summed E-state index contributed by atoms with van der Waals surface area (Å²) < 4.78 is 5.12. The SMILES string of the molecule is Cc1c(NC(=O)CSc2nncn2-c2ccc(C(C)C)cc2)c(=O)n(-c2ccccc2)n1C. The first-order chi connectivity index (χ1) is 15.9. The summed E-state index contributed by atoms with van der Waals surface area (Å²) >= 11 is 1.27. The van der Waals surface area contributed by atoms with Gasteiger partial charge >= 0.3 is 0 Å². The number of benzene rings is 2. The highest BCUT2D eigenvalue weighted by Gasteiger charge is 2.19. The van der Waals surface area contributed by atoms with Gasteiger partial charge in [0.05, 0.1) is 17.1 Å². The molecule has 1 amide bonds. The van der Waals surface area contributed by atoms with Crippen LogP contribution in [0.4, 0.5) is 5.69 Å². The fourth-order valence-electron chi connectivity index (χ4n) is 3.54. The Bertz CT molecular complexity index is 1320. The number of para-hydroxylation sites is 1. The molecule has 0 saturated carbocycles. The topological polar surface area (TPSA) is 86.7 Å². The number of nitrogens with one attached hydrogen (secondary N) is 1. The number of anilines is 1. The highest BCUT2D eigenvalue weighted by molar-refractivity contribution is 7.99. The van der Waals surface area contributed by atoms with E-state index in [0.717, 1.165) is 11.4 Å². The Balaban J connectivity index is 1.48. The minimum Gasteiger partial charge on any atom is -0.319 e. The second-order valence-corrected chi connectivity index (χ2v) is 8.95. The number of aromatic nitrogens is 5. The van der Waals surface area contributed by atoms with Crippen molar-refractivity contribution < 1.29 is 4.79 Å². The molecule has 0 aliphatic carbocycles. The van der Waals surface area contributed by atoms with Crippen LogP contribution in [-0.4, -0.2) is 35.8 Å². The number of rotatable bonds is 7. The molecule has 0 saturated heterocycles. The highest BCUT2D eigenvalue weighted by atomic mass is 32.2.